The van der Waals surface area contributed by atoms with Crippen molar-refractivity contribution in [3.05, 3.63) is 120 Å². The maximum absolute atomic E-state index is 13.0. The van der Waals surface area contributed by atoms with Crippen LogP contribution in [0.5, 0.6) is 0 Å². The minimum Gasteiger partial charge on any atom is -0.459 e. The lowest BCUT2D eigenvalue weighted by Gasteiger charge is -2.43. The summed E-state index contributed by atoms with van der Waals surface area (Å²) in [5.74, 6) is 0.114. The summed E-state index contributed by atoms with van der Waals surface area (Å²) in [5.41, 5.74) is 1.03. The number of unbranched alkanes of at least 4 members (excludes halogenated alkanes) is 22. The maximum Gasteiger partial charge on any atom is 0.338 e. The summed E-state index contributed by atoms with van der Waals surface area (Å²) in [7, 11) is 0. The normalized spacial score (nSPS) is 21.7. The fraction of sp³-hybridized carbons (Fsp3) is 0.750. The zero-order valence-electron chi connectivity index (χ0n) is 73.0. The van der Waals surface area contributed by atoms with Gasteiger partial charge in [-0.15, -0.1) is 0 Å². The van der Waals surface area contributed by atoms with Crippen molar-refractivity contribution in [2.24, 2.45) is 35.5 Å². The molecule has 2 amide bonds. The Morgan fingerprint density at radius 3 is 1.19 bits per heavy atom. The molecule has 19 nitrogen and oxygen atoms in total. The Hall–Kier alpha value is -5.16. The van der Waals surface area contributed by atoms with Crippen LogP contribution in [-0.2, 0) is 66.4 Å². The van der Waals surface area contributed by atoms with E-state index >= 15 is 0 Å². The average molecular weight is 1610 g/mol. The highest BCUT2D eigenvalue weighted by Crippen LogP contribution is 2.39. The second-order valence-corrected chi connectivity index (χ2v) is 32.6. The van der Waals surface area contributed by atoms with E-state index in [1.807, 2.05) is 36.4 Å². The zero-order valence-corrected chi connectivity index (χ0v) is 73.0. The third kappa shape index (κ3) is 46.3. The third-order valence-corrected chi connectivity index (χ3v) is 23.3. The van der Waals surface area contributed by atoms with Crippen molar-refractivity contribution in [2.75, 3.05) is 119 Å². The third-order valence-electron chi connectivity index (χ3n) is 23.3. The van der Waals surface area contributed by atoms with Crippen LogP contribution >= 0.6 is 0 Å². The lowest BCUT2D eigenvalue weighted by atomic mass is 9.79. The largest absolute Gasteiger partial charge is 0.459 e. The van der Waals surface area contributed by atoms with Crippen LogP contribution in [0.2, 0.25) is 0 Å². The highest BCUT2D eigenvalue weighted by Gasteiger charge is 2.43. The van der Waals surface area contributed by atoms with Crippen LogP contribution in [-0.4, -0.2) is 184 Å². The van der Waals surface area contributed by atoms with Crippen LogP contribution in [0, 0.1) is 35.5 Å². The first kappa shape index (κ1) is 100. The van der Waals surface area contributed by atoms with Crippen molar-refractivity contribution in [2.45, 2.75) is 310 Å². The number of nitrogens with zero attached hydrogens (tertiary/aromatic N) is 1. The van der Waals surface area contributed by atoms with Crippen LogP contribution in [0.1, 0.15) is 294 Å². The van der Waals surface area contributed by atoms with Gasteiger partial charge < -0.3 is 72.4 Å². The van der Waals surface area contributed by atoms with Crippen molar-refractivity contribution >= 4 is 23.8 Å². The Morgan fingerprint density at radius 2 is 0.783 bits per heavy atom. The molecule has 0 bridgehead atoms. The van der Waals surface area contributed by atoms with Crippen LogP contribution in [0.3, 0.4) is 0 Å². The Labute approximate surface area is 696 Å². The number of carbonyl (C=O) groups excluding carboxylic acids is 4. The number of nitrogens with one attached hydrogen (secondary N) is 2. The van der Waals surface area contributed by atoms with Crippen LogP contribution in [0.4, 0.5) is 0 Å². The number of allylic oxidation sites excluding steroid dienone is 8. The lowest BCUT2D eigenvalue weighted by Crippen LogP contribution is -2.48. The molecular weight excluding hydrogens is 1450 g/mol. The lowest BCUT2D eigenvalue weighted by molar-refractivity contribution is -0.256. The number of hydrogen-bond acceptors (Lipinski definition) is 17. The molecule has 115 heavy (non-hydrogen) atoms. The number of hydrogen-bond donors (Lipinski definition) is 2. The monoisotopic (exact) mass is 1610 g/mol. The number of esters is 2. The standard InChI is InChI=1S/C96H159N3O16/c1-9-11-13-15-17-19-21-23-25-27-29-31-33-35-37-49-59-96(60-50-38-36-34-32-30-28-26-24-22-20-18-16-14-12-10-2)112-76-87(115-96)75-99(63-51-41-47-57-90(100)97-61-65-104-67-69-106-71-73-108-94-83(7)79(3)81(5)88(113-94)77-110-92(102)85-53-43-39-44-54-85)64-52-42-48-58-91(101)98-62-66-105-68-70-107-72-74-109-95-84(8)80(4)82(6)89(114-95)78-111-93(103)86-55-45-40-46-56-86/h17-20,23-26,39-40,43-46,53-56,79-84,87-89,94-95H,9-16,21-22,27-38,41-42,47-52,57-78H2,1-8H3,(H,97,100)(H,98,101)/b19-17-,20-18-,25-23-,26-24-/t79-,80-,81+,82+,83?,84?,87-,88?,89?,94+,95+/m0/s1. The van der Waals surface area contributed by atoms with E-state index in [0.717, 1.165) is 110 Å². The summed E-state index contributed by atoms with van der Waals surface area (Å²) in [5, 5.41) is 6.07. The predicted molar refractivity (Wildman–Crippen MR) is 462 cm³/mol. The van der Waals surface area contributed by atoms with Crippen molar-refractivity contribution < 1.29 is 76.0 Å². The molecule has 0 saturated carbocycles. The van der Waals surface area contributed by atoms with E-state index in [4.69, 9.17) is 56.8 Å². The van der Waals surface area contributed by atoms with Crippen molar-refractivity contribution in [3.8, 4) is 0 Å². The fourth-order valence-corrected chi connectivity index (χ4v) is 15.2. The van der Waals surface area contributed by atoms with Crippen molar-refractivity contribution in [3.63, 3.8) is 0 Å². The van der Waals surface area contributed by atoms with Gasteiger partial charge in [-0.2, -0.15) is 0 Å². The summed E-state index contributed by atoms with van der Waals surface area (Å²) < 4.78 is 73.4. The quantitative estimate of drug-likeness (QED) is 0.0359. The summed E-state index contributed by atoms with van der Waals surface area (Å²) >= 11 is 0. The van der Waals surface area contributed by atoms with Gasteiger partial charge in [0.15, 0.2) is 18.4 Å². The SMILES string of the molecule is CCCCC/C=C\C/C=C\CCCCCCCCC1(CCCCCCCC/C=C\C/C=C\CCCCC)OC[C@H](CN(CCCCCC(=O)NCCOCCOCCO[C@@H]2OC(COC(=O)c3ccccc3)[C@H](C)[C@H](C)C2C)CCCCCC(=O)NCCOCCOCCO[C@@H]2OC(COC(=O)c3ccccc3)[C@H](C)[C@H](C)C2C)O1. The number of amides is 2. The van der Waals surface area contributed by atoms with E-state index in [9.17, 15) is 19.2 Å². The molecule has 0 aliphatic carbocycles. The molecule has 11 atom stereocenters. The van der Waals surface area contributed by atoms with Gasteiger partial charge in [0, 0.05) is 57.2 Å². The molecule has 2 aromatic carbocycles. The number of ether oxygens (including phenoxy) is 12. The van der Waals surface area contributed by atoms with E-state index in [1.54, 1.807) is 24.3 Å². The molecule has 3 heterocycles. The molecule has 3 aliphatic heterocycles. The van der Waals surface area contributed by atoms with Gasteiger partial charge in [0.2, 0.25) is 11.8 Å². The number of carbonyl (C=O) groups is 4. The van der Waals surface area contributed by atoms with Gasteiger partial charge in [-0.3, -0.25) is 9.59 Å². The molecule has 2 N–H and O–H groups in total. The number of benzene rings is 2. The highest BCUT2D eigenvalue weighted by atomic mass is 16.7. The van der Waals surface area contributed by atoms with Gasteiger partial charge in [0.05, 0.1) is 102 Å². The molecule has 654 valence electrons. The van der Waals surface area contributed by atoms with Crippen LogP contribution in [0.15, 0.2) is 109 Å². The minimum atomic E-state index is -0.540. The Kier molecular flexibility index (Phi) is 57.3. The Morgan fingerprint density at radius 1 is 0.417 bits per heavy atom. The summed E-state index contributed by atoms with van der Waals surface area (Å²) in [6.07, 6.45) is 54.8. The molecule has 3 saturated heterocycles. The van der Waals surface area contributed by atoms with E-state index in [2.05, 4.69) is 120 Å². The Bertz CT molecular complexity index is 2690. The molecule has 3 fully saturated rings. The van der Waals surface area contributed by atoms with E-state index in [0.29, 0.717) is 122 Å². The van der Waals surface area contributed by atoms with Crippen LogP contribution < -0.4 is 10.6 Å². The second kappa shape index (κ2) is 65.7. The molecule has 0 radical (unpaired) electrons. The predicted octanol–water partition coefficient (Wildman–Crippen LogP) is 20.2. The first-order chi connectivity index (χ1) is 56.2. The summed E-state index contributed by atoms with van der Waals surface area (Å²) in [4.78, 5) is 53.8. The van der Waals surface area contributed by atoms with Crippen molar-refractivity contribution in [1.29, 1.82) is 0 Å². The van der Waals surface area contributed by atoms with Gasteiger partial charge in [-0.05, 0) is 164 Å². The summed E-state index contributed by atoms with van der Waals surface area (Å²) in [6, 6.07) is 18.0. The second-order valence-electron chi connectivity index (χ2n) is 32.6. The highest BCUT2D eigenvalue weighted by molar-refractivity contribution is 5.89. The molecular formula is C96H159N3O16. The van der Waals surface area contributed by atoms with E-state index in [-0.39, 0.29) is 79.0 Å². The first-order valence-electron chi connectivity index (χ1n) is 45.7. The fourth-order valence-electron chi connectivity index (χ4n) is 15.2. The van der Waals surface area contributed by atoms with Gasteiger partial charge in [-0.1, -0.05) is 230 Å². The molecule has 0 spiro atoms. The minimum absolute atomic E-state index is 0.0182. The molecule has 3 aliphatic rings. The molecule has 5 rings (SSSR count). The zero-order chi connectivity index (χ0) is 82.3. The molecule has 0 aromatic heterocycles. The topological polar surface area (TPSA) is 206 Å². The molecule has 4 unspecified atom stereocenters. The summed E-state index contributed by atoms with van der Waals surface area (Å²) in [6.45, 7) is 25.7. The van der Waals surface area contributed by atoms with E-state index < -0.39 is 18.4 Å². The van der Waals surface area contributed by atoms with Gasteiger partial charge in [0.25, 0.3) is 0 Å². The number of rotatable bonds is 70. The first-order valence-corrected chi connectivity index (χ1v) is 45.7. The molecule has 2 aromatic rings. The maximum atomic E-state index is 13.0. The van der Waals surface area contributed by atoms with Crippen molar-refractivity contribution in [1.82, 2.24) is 15.5 Å². The van der Waals surface area contributed by atoms with E-state index in [1.165, 1.54) is 116 Å². The average Bonchev–Trinajstić information content (AvgIpc) is 1.82. The Balaban J connectivity index is 1.01. The van der Waals surface area contributed by atoms with Crippen LogP contribution in [0.25, 0.3) is 0 Å². The van der Waals surface area contributed by atoms with Gasteiger partial charge in [0.1, 0.15) is 13.2 Å². The van der Waals surface area contributed by atoms with Gasteiger partial charge >= 0.3 is 11.9 Å². The molecule has 19 heteroatoms. The smallest absolute Gasteiger partial charge is 0.338 e. The van der Waals surface area contributed by atoms with Gasteiger partial charge in [-0.25, -0.2) is 9.59 Å².